The highest BCUT2D eigenvalue weighted by Gasteiger charge is 2.16. The Kier molecular flexibility index (Phi) is 7.27. The third-order valence-electron chi connectivity index (χ3n) is 4.00. The van der Waals surface area contributed by atoms with Crippen LogP contribution >= 0.6 is 11.3 Å². The van der Waals surface area contributed by atoms with Crippen molar-refractivity contribution in [2.45, 2.75) is 11.1 Å². The molecule has 2 amide bonds. The standard InChI is InChI=1S/C21H21N3O5S2/c1-2-29-18-10-8-16(9-11-18)23-19(25)14-22-21(26)15-5-3-6-17(13-15)24-31(27,28)20-7-4-12-30-20/h3-13,24H,2,14H2,1H3,(H,22,26)(H,23,25). The SMILES string of the molecule is CCOc1ccc(NC(=O)CNC(=O)c2cccc(NS(=O)(=O)c3cccs3)c2)cc1. The molecule has 2 aromatic carbocycles. The average molecular weight is 460 g/mol. The molecule has 0 atom stereocenters. The number of rotatable bonds is 9. The van der Waals surface area contributed by atoms with Gasteiger partial charge in [0.05, 0.1) is 13.2 Å². The average Bonchev–Trinajstić information content (AvgIpc) is 3.30. The lowest BCUT2D eigenvalue weighted by molar-refractivity contribution is -0.115. The van der Waals surface area contributed by atoms with Gasteiger partial charge in [-0.3, -0.25) is 14.3 Å². The minimum Gasteiger partial charge on any atom is -0.494 e. The molecule has 162 valence electrons. The zero-order chi connectivity index (χ0) is 22.3. The Morgan fingerprint density at radius 3 is 2.45 bits per heavy atom. The molecule has 10 heteroatoms. The lowest BCUT2D eigenvalue weighted by Gasteiger charge is -2.10. The number of hydrogen-bond donors (Lipinski definition) is 3. The van der Waals surface area contributed by atoms with E-state index in [1.165, 1.54) is 18.2 Å². The van der Waals surface area contributed by atoms with Crippen LogP contribution in [0.25, 0.3) is 0 Å². The maximum atomic E-state index is 12.4. The molecule has 3 rings (SSSR count). The van der Waals surface area contributed by atoms with Crippen molar-refractivity contribution in [1.82, 2.24) is 5.32 Å². The van der Waals surface area contributed by atoms with Gasteiger partial charge in [-0.15, -0.1) is 11.3 Å². The van der Waals surface area contributed by atoms with Crippen molar-refractivity contribution < 1.29 is 22.7 Å². The van der Waals surface area contributed by atoms with Gasteiger partial charge >= 0.3 is 0 Å². The quantitative estimate of drug-likeness (QED) is 0.454. The molecule has 0 saturated heterocycles. The Hall–Kier alpha value is -3.37. The largest absolute Gasteiger partial charge is 0.494 e. The molecular weight excluding hydrogens is 438 g/mol. The van der Waals surface area contributed by atoms with E-state index in [0.717, 1.165) is 11.3 Å². The van der Waals surface area contributed by atoms with Crippen molar-refractivity contribution >= 4 is 44.5 Å². The number of anilines is 2. The van der Waals surface area contributed by atoms with Crippen LogP contribution < -0.4 is 20.1 Å². The monoisotopic (exact) mass is 459 g/mol. The van der Waals surface area contributed by atoms with Crippen LogP contribution in [0.4, 0.5) is 11.4 Å². The van der Waals surface area contributed by atoms with E-state index in [0.29, 0.717) is 18.0 Å². The zero-order valence-electron chi connectivity index (χ0n) is 16.6. The summed E-state index contributed by atoms with van der Waals surface area (Å²) in [6.07, 6.45) is 0. The van der Waals surface area contributed by atoms with Crippen LogP contribution in [0.3, 0.4) is 0 Å². The van der Waals surface area contributed by atoms with Crippen molar-refractivity contribution in [2.75, 3.05) is 23.2 Å². The lowest BCUT2D eigenvalue weighted by Crippen LogP contribution is -2.32. The number of nitrogens with one attached hydrogen (secondary N) is 3. The zero-order valence-corrected chi connectivity index (χ0v) is 18.3. The number of carbonyl (C=O) groups is 2. The van der Waals surface area contributed by atoms with Crippen molar-refractivity contribution in [2.24, 2.45) is 0 Å². The van der Waals surface area contributed by atoms with E-state index in [1.807, 2.05) is 6.92 Å². The number of amides is 2. The van der Waals surface area contributed by atoms with Crippen LogP contribution in [0, 0.1) is 0 Å². The van der Waals surface area contributed by atoms with Crippen molar-refractivity contribution in [3.8, 4) is 5.75 Å². The molecule has 8 nitrogen and oxygen atoms in total. The molecule has 3 N–H and O–H groups in total. The molecule has 0 aliphatic heterocycles. The van der Waals surface area contributed by atoms with Crippen LogP contribution in [0.5, 0.6) is 5.75 Å². The Balaban J connectivity index is 1.55. The van der Waals surface area contributed by atoms with E-state index < -0.39 is 21.8 Å². The fourth-order valence-corrected chi connectivity index (χ4v) is 4.66. The summed E-state index contributed by atoms with van der Waals surface area (Å²) in [5.74, 6) is -0.200. The Labute approximate surface area is 184 Å². The van der Waals surface area contributed by atoms with Crippen LogP contribution in [0.2, 0.25) is 0 Å². The van der Waals surface area contributed by atoms with Gasteiger partial charge in [-0.05, 0) is 60.8 Å². The van der Waals surface area contributed by atoms with Gasteiger partial charge in [0.1, 0.15) is 9.96 Å². The van der Waals surface area contributed by atoms with Gasteiger partial charge in [0.15, 0.2) is 0 Å². The highest BCUT2D eigenvalue weighted by molar-refractivity contribution is 7.94. The molecule has 1 aromatic heterocycles. The van der Waals surface area contributed by atoms with Gasteiger partial charge in [-0.25, -0.2) is 8.42 Å². The first-order chi connectivity index (χ1) is 14.9. The maximum absolute atomic E-state index is 12.4. The summed E-state index contributed by atoms with van der Waals surface area (Å²) in [6, 6.07) is 16.0. The first-order valence-electron chi connectivity index (χ1n) is 9.34. The third kappa shape index (κ3) is 6.30. The van der Waals surface area contributed by atoms with E-state index in [-0.39, 0.29) is 22.0 Å². The molecule has 0 fully saturated rings. The number of benzene rings is 2. The Morgan fingerprint density at radius 1 is 1.00 bits per heavy atom. The maximum Gasteiger partial charge on any atom is 0.271 e. The van der Waals surface area contributed by atoms with Crippen LogP contribution in [0.15, 0.2) is 70.3 Å². The molecular formula is C21H21N3O5S2. The Morgan fingerprint density at radius 2 is 1.77 bits per heavy atom. The fourth-order valence-electron chi connectivity index (χ4n) is 2.61. The summed E-state index contributed by atoms with van der Waals surface area (Å²) >= 11 is 1.09. The Bertz CT molecular complexity index is 1140. The second-order valence-electron chi connectivity index (χ2n) is 6.31. The number of thiophene rings is 1. The molecule has 0 aliphatic carbocycles. The van der Waals surface area contributed by atoms with E-state index in [2.05, 4.69) is 15.4 Å². The van der Waals surface area contributed by atoms with E-state index in [9.17, 15) is 18.0 Å². The number of sulfonamides is 1. The van der Waals surface area contributed by atoms with Gasteiger partial charge in [-0.2, -0.15) is 0 Å². The van der Waals surface area contributed by atoms with Crippen LogP contribution in [-0.4, -0.2) is 33.4 Å². The summed E-state index contributed by atoms with van der Waals surface area (Å²) in [6.45, 7) is 2.19. The minimum atomic E-state index is -3.72. The molecule has 0 bridgehead atoms. The number of ether oxygens (including phenoxy) is 1. The second kappa shape index (κ2) is 10.1. The van der Waals surface area contributed by atoms with Crippen LogP contribution in [0.1, 0.15) is 17.3 Å². The molecule has 31 heavy (non-hydrogen) atoms. The summed E-state index contributed by atoms with van der Waals surface area (Å²) < 4.78 is 32.6. The van der Waals surface area contributed by atoms with Gasteiger partial charge < -0.3 is 15.4 Å². The fraction of sp³-hybridized carbons (Fsp3) is 0.143. The first-order valence-corrected chi connectivity index (χ1v) is 11.7. The minimum absolute atomic E-state index is 0.174. The van der Waals surface area contributed by atoms with Gasteiger partial charge in [-0.1, -0.05) is 12.1 Å². The van der Waals surface area contributed by atoms with Gasteiger partial charge in [0.2, 0.25) is 5.91 Å². The van der Waals surface area contributed by atoms with Gasteiger partial charge in [0, 0.05) is 16.9 Å². The second-order valence-corrected chi connectivity index (χ2v) is 9.16. The topological polar surface area (TPSA) is 114 Å². The first kappa shape index (κ1) is 22.3. The molecule has 0 spiro atoms. The van der Waals surface area contributed by atoms with Crippen molar-refractivity contribution in [3.05, 3.63) is 71.6 Å². The smallest absolute Gasteiger partial charge is 0.271 e. The normalized spacial score (nSPS) is 10.9. The lowest BCUT2D eigenvalue weighted by atomic mass is 10.2. The highest BCUT2D eigenvalue weighted by Crippen LogP contribution is 2.21. The van der Waals surface area contributed by atoms with Crippen LogP contribution in [-0.2, 0) is 14.8 Å². The summed E-state index contributed by atoms with van der Waals surface area (Å²) in [7, 11) is -3.72. The number of carbonyl (C=O) groups excluding carboxylic acids is 2. The molecule has 0 unspecified atom stereocenters. The molecule has 0 saturated carbocycles. The predicted molar refractivity (Wildman–Crippen MR) is 120 cm³/mol. The van der Waals surface area contributed by atoms with Gasteiger partial charge in [0.25, 0.3) is 15.9 Å². The molecule has 1 heterocycles. The molecule has 0 radical (unpaired) electrons. The van der Waals surface area contributed by atoms with E-state index in [1.54, 1.807) is 47.8 Å². The summed E-state index contributed by atoms with van der Waals surface area (Å²) in [5.41, 5.74) is 1.05. The van der Waals surface area contributed by atoms with E-state index >= 15 is 0 Å². The summed E-state index contributed by atoms with van der Waals surface area (Å²) in [5, 5.41) is 6.86. The van der Waals surface area contributed by atoms with Crippen molar-refractivity contribution in [3.63, 3.8) is 0 Å². The third-order valence-corrected chi connectivity index (χ3v) is 6.77. The van der Waals surface area contributed by atoms with E-state index in [4.69, 9.17) is 4.74 Å². The molecule has 0 aliphatic rings. The molecule has 3 aromatic rings. The summed E-state index contributed by atoms with van der Waals surface area (Å²) in [4.78, 5) is 24.5. The number of hydrogen-bond acceptors (Lipinski definition) is 6. The highest BCUT2D eigenvalue weighted by atomic mass is 32.2. The predicted octanol–water partition coefficient (Wildman–Crippen LogP) is 3.32. The van der Waals surface area contributed by atoms with Crippen molar-refractivity contribution in [1.29, 1.82) is 0 Å².